The van der Waals surface area contributed by atoms with Gasteiger partial charge < -0.3 is 4.84 Å². The quantitative estimate of drug-likeness (QED) is 0.526. The second-order valence-corrected chi connectivity index (χ2v) is 3.32. The van der Waals surface area contributed by atoms with E-state index in [2.05, 4.69) is 41.9 Å². The molecule has 0 aliphatic heterocycles. The molecule has 0 spiro atoms. The summed E-state index contributed by atoms with van der Waals surface area (Å²) in [4.78, 5) is 4.59. The molecule has 7 heavy (non-hydrogen) atoms. The van der Waals surface area contributed by atoms with Crippen LogP contribution in [0.2, 0.25) is 0 Å². The fourth-order valence-corrected chi connectivity index (χ4v) is 0.318. The van der Waals surface area contributed by atoms with E-state index in [1.54, 1.807) is 0 Å². The van der Waals surface area contributed by atoms with Crippen LogP contribution in [0.1, 0.15) is 6.92 Å². The van der Waals surface area contributed by atoms with Crippen LogP contribution in [0, 0.1) is 0 Å². The molecular formula is C3H5Br2NO. The normalized spacial score (nSPS) is 7.86. The van der Waals surface area contributed by atoms with E-state index >= 15 is 0 Å². The number of nitrogens with zero attached hydrogens (tertiary/aromatic N) is 1. The molecule has 0 heterocycles. The zero-order valence-electron chi connectivity index (χ0n) is 3.82. The van der Waals surface area contributed by atoms with Crippen LogP contribution in [-0.4, -0.2) is 10.1 Å². The average molecular weight is 231 g/mol. The highest BCUT2D eigenvalue weighted by Gasteiger charge is 1.78. The van der Waals surface area contributed by atoms with Crippen LogP contribution in [0.15, 0.2) is 5.16 Å². The Kier molecular flexibility index (Phi) is 4.87. The minimum Gasteiger partial charge on any atom is -0.395 e. The fraction of sp³-hybridized carbons (Fsp3) is 0.667. The first-order valence-corrected chi connectivity index (χ1v) is 3.37. The summed E-state index contributed by atoms with van der Waals surface area (Å²) in [6, 6.07) is 0. The van der Waals surface area contributed by atoms with Gasteiger partial charge in [-0.2, -0.15) is 0 Å². The van der Waals surface area contributed by atoms with Crippen molar-refractivity contribution >= 4 is 35.4 Å². The van der Waals surface area contributed by atoms with E-state index in [9.17, 15) is 0 Å². The van der Waals surface area contributed by atoms with E-state index in [1.165, 1.54) is 0 Å². The van der Waals surface area contributed by atoms with Crippen LogP contribution < -0.4 is 0 Å². The van der Waals surface area contributed by atoms with Crippen molar-refractivity contribution < 1.29 is 4.84 Å². The van der Waals surface area contributed by atoms with Gasteiger partial charge in [0.25, 0.3) is 0 Å². The van der Waals surface area contributed by atoms with Gasteiger partial charge in [-0.15, -0.1) is 0 Å². The Bertz CT molecular complexity index is 69.3. The highest BCUT2D eigenvalue weighted by Crippen LogP contribution is 1.97. The summed E-state index contributed by atoms with van der Waals surface area (Å²) in [6.07, 6.45) is 0. The predicted molar refractivity (Wildman–Crippen MR) is 36.9 cm³/mol. The summed E-state index contributed by atoms with van der Waals surface area (Å²) in [6.45, 7) is 2.47. The maximum atomic E-state index is 4.59. The third kappa shape index (κ3) is 6.43. The van der Waals surface area contributed by atoms with Crippen LogP contribution in [0.25, 0.3) is 0 Å². The molecule has 4 heteroatoms. The molecule has 0 rings (SSSR count). The molecule has 0 atom stereocenters. The van der Waals surface area contributed by atoms with Gasteiger partial charge in [0.2, 0.25) is 0 Å². The van der Waals surface area contributed by atoms with Crippen molar-refractivity contribution in [1.29, 1.82) is 0 Å². The van der Waals surface area contributed by atoms with Crippen molar-refractivity contribution in [3.63, 3.8) is 0 Å². The summed E-state index contributed by atoms with van der Waals surface area (Å²) in [7, 11) is 0. The highest BCUT2D eigenvalue weighted by atomic mass is 79.9. The lowest BCUT2D eigenvalue weighted by atomic mass is 10.9. The van der Waals surface area contributed by atoms with Crippen LogP contribution in [0.4, 0.5) is 0 Å². The van der Waals surface area contributed by atoms with Gasteiger partial charge >= 0.3 is 0 Å². The van der Waals surface area contributed by atoms with Gasteiger partial charge in [-0.25, -0.2) is 0 Å². The number of oxime groups is 1. The summed E-state index contributed by atoms with van der Waals surface area (Å²) in [5, 5.41) is 3.49. The Morgan fingerprint density at radius 1 is 1.71 bits per heavy atom. The maximum Gasteiger partial charge on any atom is 0.187 e. The molecule has 42 valence electrons. The van der Waals surface area contributed by atoms with Crippen molar-refractivity contribution in [3.8, 4) is 0 Å². The summed E-state index contributed by atoms with van der Waals surface area (Å²) >= 11 is 6.03. The zero-order chi connectivity index (χ0) is 5.70. The monoisotopic (exact) mass is 229 g/mol. The van der Waals surface area contributed by atoms with E-state index in [0.29, 0.717) is 10.1 Å². The molecule has 0 aromatic carbocycles. The summed E-state index contributed by atoms with van der Waals surface area (Å²) in [5.41, 5.74) is 0. The number of halogens is 2. The van der Waals surface area contributed by atoms with E-state index < -0.39 is 0 Å². The minimum atomic E-state index is 0.585. The molecule has 0 N–H and O–H groups in total. The standard InChI is InChI=1S/C3H5Br2NO/c1-2-7-6-3(4)5/h2H2,1H3. The average Bonchev–Trinajstić information content (AvgIpc) is 1.61. The molecule has 0 aromatic rings. The first-order valence-electron chi connectivity index (χ1n) is 1.78. The second-order valence-electron chi connectivity index (χ2n) is 0.750. The Hall–Kier alpha value is 0.430. The van der Waals surface area contributed by atoms with Gasteiger partial charge in [-0.05, 0) is 38.8 Å². The smallest absolute Gasteiger partial charge is 0.187 e. The minimum absolute atomic E-state index is 0.585. The van der Waals surface area contributed by atoms with Gasteiger partial charge in [0.05, 0.1) is 0 Å². The Labute approximate surface area is 59.2 Å². The van der Waals surface area contributed by atoms with Crippen molar-refractivity contribution in [2.45, 2.75) is 6.92 Å². The lowest BCUT2D eigenvalue weighted by Crippen LogP contribution is -1.78. The van der Waals surface area contributed by atoms with Crippen molar-refractivity contribution in [2.75, 3.05) is 6.61 Å². The second kappa shape index (κ2) is 4.59. The van der Waals surface area contributed by atoms with E-state index in [-0.39, 0.29) is 0 Å². The molecule has 0 aliphatic rings. The molecule has 0 unspecified atom stereocenters. The van der Waals surface area contributed by atoms with Gasteiger partial charge in [-0.3, -0.25) is 0 Å². The van der Waals surface area contributed by atoms with Crippen LogP contribution >= 0.6 is 31.9 Å². The van der Waals surface area contributed by atoms with E-state index in [0.717, 1.165) is 0 Å². The first-order chi connectivity index (χ1) is 3.27. The highest BCUT2D eigenvalue weighted by molar-refractivity contribution is 9.39. The van der Waals surface area contributed by atoms with E-state index in [4.69, 9.17) is 0 Å². The number of hydrogen-bond donors (Lipinski definition) is 0. The van der Waals surface area contributed by atoms with Crippen molar-refractivity contribution in [2.24, 2.45) is 5.16 Å². The first kappa shape index (κ1) is 7.43. The Morgan fingerprint density at radius 3 is 2.43 bits per heavy atom. The van der Waals surface area contributed by atoms with Gasteiger partial charge in [-0.1, -0.05) is 5.16 Å². The molecule has 0 saturated heterocycles. The third-order valence-corrected chi connectivity index (χ3v) is 0.552. The summed E-state index contributed by atoms with van der Waals surface area (Å²) < 4.78 is 0.585. The molecule has 0 saturated carbocycles. The predicted octanol–water partition coefficient (Wildman–Crippen LogP) is 2.08. The Morgan fingerprint density at radius 2 is 2.29 bits per heavy atom. The van der Waals surface area contributed by atoms with Crippen LogP contribution in [0.5, 0.6) is 0 Å². The van der Waals surface area contributed by atoms with Gasteiger partial charge in [0.1, 0.15) is 6.61 Å². The third-order valence-electron chi connectivity index (χ3n) is 0.263. The number of hydrogen-bond acceptors (Lipinski definition) is 2. The fourth-order valence-electron chi connectivity index (χ4n) is 0.113. The maximum absolute atomic E-state index is 4.59. The largest absolute Gasteiger partial charge is 0.395 e. The molecule has 0 radical (unpaired) electrons. The topological polar surface area (TPSA) is 21.6 Å². The van der Waals surface area contributed by atoms with Crippen molar-refractivity contribution in [1.82, 2.24) is 0 Å². The van der Waals surface area contributed by atoms with Crippen LogP contribution in [-0.2, 0) is 4.84 Å². The molecule has 0 bridgehead atoms. The molecule has 0 amide bonds. The molecule has 2 nitrogen and oxygen atoms in total. The Balaban J connectivity index is 3.08. The van der Waals surface area contributed by atoms with Gasteiger partial charge in [0.15, 0.2) is 3.53 Å². The lowest BCUT2D eigenvalue weighted by molar-refractivity contribution is 0.161. The number of rotatable bonds is 2. The zero-order valence-corrected chi connectivity index (χ0v) is 6.99. The van der Waals surface area contributed by atoms with Crippen LogP contribution in [0.3, 0.4) is 0 Å². The molecule has 0 aliphatic carbocycles. The van der Waals surface area contributed by atoms with Gasteiger partial charge in [0, 0.05) is 0 Å². The van der Waals surface area contributed by atoms with Crippen molar-refractivity contribution in [3.05, 3.63) is 0 Å². The lowest BCUT2D eigenvalue weighted by Gasteiger charge is -1.87. The molecule has 0 aromatic heterocycles. The molecule has 0 fully saturated rings. The summed E-state index contributed by atoms with van der Waals surface area (Å²) in [5.74, 6) is 0. The van der Waals surface area contributed by atoms with E-state index in [1.807, 2.05) is 6.92 Å². The SMILES string of the molecule is CCON=C(Br)Br. The molecular weight excluding hydrogens is 226 g/mol.